The summed E-state index contributed by atoms with van der Waals surface area (Å²) in [6.07, 6.45) is 0.0155. The van der Waals surface area contributed by atoms with Gasteiger partial charge in [-0.1, -0.05) is 63.2 Å². The lowest BCUT2D eigenvalue weighted by Gasteiger charge is -2.42. The SMILES string of the molecule is CNC(=O)NC(N(C)C(=O)C(C)(Cc1ccccc1)c1cccc(OC)c1)C(C)(C)C. The standard InChI is InChI=1S/C25H35N3O3/c1-24(2,3)21(27-23(30)26-5)28(6)22(29)25(4,17-18-12-9-8-10-13-18)19-14-11-15-20(16-19)31-7/h8-16,21H,17H2,1-7H3,(H2,26,27,30). The third-order valence-electron chi connectivity index (χ3n) is 5.60. The molecule has 0 bridgehead atoms. The van der Waals surface area contributed by atoms with Gasteiger partial charge in [0.15, 0.2) is 0 Å². The van der Waals surface area contributed by atoms with E-state index in [9.17, 15) is 9.59 Å². The van der Waals surface area contributed by atoms with Gasteiger partial charge < -0.3 is 20.3 Å². The minimum absolute atomic E-state index is 0.0825. The van der Waals surface area contributed by atoms with E-state index in [1.807, 2.05) is 82.3 Å². The van der Waals surface area contributed by atoms with Gasteiger partial charge in [0, 0.05) is 19.5 Å². The molecule has 0 saturated heterocycles. The van der Waals surface area contributed by atoms with Crippen LogP contribution in [0.15, 0.2) is 54.6 Å². The number of likely N-dealkylation sites (N-methyl/N-ethyl adjacent to an activating group) is 1. The third-order valence-corrected chi connectivity index (χ3v) is 5.60. The van der Waals surface area contributed by atoms with Crippen molar-refractivity contribution in [3.05, 3.63) is 65.7 Å². The fourth-order valence-electron chi connectivity index (χ4n) is 3.87. The van der Waals surface area contributed by atoms with E-state index in [0.29, 0.717) is 12.2 Å². The summed E-state index contributed by atoms with van der Waals surface area (Å²) < 4.78 is 5.42. The highest BCUT2D eigenvalue weighted by atomic mass is 16.5. The number of methoxy groups -OCH3 is 1. The number of amides is 3. The van der Waals surface area contributed by atoms with Gasteiger partial charge in [-0.05, 0) is 36.6 Å². The molecular formula is C25H35N3O3. The van der Waals surface area contributed by atoms with E-state index in [2.05, 4.69) is 10.6 Å². The number of hydrogen-bond acceptors (Lipinski definition) is 3. The molecule has 31 heavy (non-hydrogen) atoms. The van der Waals surface area contributed by atoms with E-state index in [1.54, 1.807) is 26.1 Å². The molecule has 0 spiro atoms. The Labute approximate surface area is 186 Å². The molecule has 2 aromatic rings. The Morgan fingerprint density at radius 1 is 1.03 bits per heavy atom. The number of hydrogen-bond donors (Lipinski definition) is 2. The van der Waals surface area contributed by atoms with Crippen molar-refractivity contribution in [2.24, 2.45) is 5.41 Å². The molecule has 6 heteroatoms. The van der Waals surface area contributed by atoms with Gasteiger partial charge in [-0.3, -0.25) is 4.79 Å². The molecule has 6 nitrogen and oxygen atoms in total. The number of ether oxygens (including phenoxy) is 1. The Morgan fingerprint density at radius 2 is 1.68 bits per heavy atom. The van der Waals surface area contributed by atoms with Crippen LogP contribution in [-0.4, -0.2) is 44.2 Å². The molecule has 2 atom stereocenters. The Morgan fingerprint density at radius 3 is 2.23 bits per heavy atom. The zero-order chi connectivity index (χ0) is 23.2. The van der Waals surface area contributed by atoms with Crippen LogP contribution >= 0.6 is 0 Å². The van der Waals surface area contributed by atoms with Gasteiger partial charge in [0.05, 0.1) is 12.5 Å². The monoisotopic (exact) mass is 425 g/mol. The molecule has 0 aromatic heterocycles. The second-order valence-corrected chi connectivity index (χ2v) is 9.13. The fourth-order valence-corrected chi connectivity index (χ4v) is 3.87. The van der Waals surface area contributed by atoms with Crippen molar-refractivity contribution < 1.29 is 14.3 Å². The van der Waals surface area contributed by atoms with Crippen molar-refractivity contribution in [3.63, 3.8) is 0 Å². The summed E-state index contributed by atoms with van der Waals surface area (Å²) in [6, 6.07) is 17.3. The van der Waals surface area contributed by atoms with Crippen LogP contribution in [0.4, 0.5) is 4.79 Å². The molecule has 0 saturated carbocycles. The maximum absolute atomic E-state index is 14.0. The molecule has 2 unspecified atom stereocenters. The lowest BCUT2D eigenvalue weighted by molar-refractivity contribution is -0.140. The Balaban J connectivity index is 2.53. The van der Waals surface area contributed by atoms with Crippen LogP contribution in [0.25, 0.3) is 0 Å². The molecule has 2 N–H and O–H groups in total. The van der Waals surface area contributed by atoms with Gasteiger partial charge in [-0.25, -0.2) is 4.79 Å². The van der Waals surface area contributed by atoms with Crippen LogP contribution in [0.5, 0.6) is 5.75 Å². The summed E-state index contributed by atoms with van der Waals surface area (Å²) in [5, 5.41) is 5.51. The van der Waals surface area contributed by atoms with Crippen molar-refractivity contribution in [3.8, 4) is 5.75 Å². The normalized spacial score (nSPS) is 14.2. The van der Waals surface area contributed by atoms with Crippen molar-refractivity contribution in [1.29, 1.82) is 0 Å². The Bertz CT molecular complexity index is 892. The molecule has 0 fully saturated rings. The van der Waals surface area contributed by atoms with Crippen LogP contribution in [0, 0.1) is 5.41 Å². The zero-order valence-electron chi connectivity index (χ0n) is 19.7. The molecule has 2 rings (SSSR count). The van der Waals surface area contributed by atoms with E-state index >= 15 is 0 Å². The van der Waals surface area contributed by atoms with Crippen LogP contribution < -0.4 is 15.4 Å². The van der Waals surface area contributed by atoms with Gasteiger partial charge >= 0.3 is 6.03 Å². The largest absolute Gasteiger partial charge is 0.497 e. The molecule has 3 amide bonds. The number of benzene rings is 2. The van der Waals surface area contributed by atoms with Crippen molar-refractivity contribution in [2.75, 3.05) is 21.2 Å². The minimum Gasteiger partial charge on any atom is -0.497 e. The summed E-state index contributed by atoms with van der Waals surface area (Å²) in [4.78, 5) is 27.8. The third kappa shape index (κ3) is 5.78. The molecule has 2 aromatic carbocycles. The van der Waals surface area contributed by atoms with Crippen molar-refractivity contribution in [1.82, 2.24) is 15.5 Å². The predicted octanol–water partition coefficient (Wildman–Crippen LogP) is 3.96. The maximum Gasteiger partial charge on any atom is 0.316 e. The highest BCUT2D eigenvalue weighted by Crippen LogP contribution is 2.34. The van der Waals surface area contributed by atoms with Crippen LogP contribution in [0.2, 0.25) is 0 Å². The number of nitrogens with one attached hydrogen (secondary N) is 2. The first-order chi connectivity index (χ1) is 14.5. The number of carbonyl (C=O) groups excluding carboxylic acids is 2. The van der Waals surface area contributed by atoms with Gasteiger partial charge in [0.2, 0.25) is 5.91 Å². The topological polar surface area (TPSA) is 70.7 Å². The lowest BCUT2D eigenvalue weighted by atomic mass is 9.75. The van der Waals surface area contributed by atoms with Crippen molar-refractivity contribution in [2.45, 2.75) is 45.7 Å². The number of nitrogens with zero attached hydrogens (tertiary/aromatic N) is 1. The molecule has 0 radical (unpaired) electrons. The first-order valence-corrected chi connectivity index (χ1v) is 10.5. The summed E-state index contributed by atoms with van der Waals surface area (Å²) in [5.74, 6) is 0.615. The minimum atomic E-state index is -0.863. The quantitative estimate of drug-likeness (QED) is 0.660. The Kier molecular flexibility index (Phi) is 7.71. The molecular weight excluding hydrogens is 390 g/mol. The predicted molar refractivity (Wildman–Crippen MR) is 124 cm³/mol. The van der Waals surface area contributed by atoms with E-state index < -0.39 is 11.6 Å². The molecule has 0 heterocycles. The van der Waals surface area contributed by atoms with E-state index in [4.69, 9.17) is 4.74 Å². The van der Waals surface area contributed by atoms with Gasteiger partial charge in [-0.15, -0.1) is 0 Å². The van der Waals surface area contributed by atoms with Gasteiger partial charge in [-0.2, -0.15) is 0 Å². The maximum atomic E-state index is 14.0. The number of carbonyl (C=O) groups is 2. The van der Waals surface area contributed by atoms with Crippen LogP contribution in [0.1, 0.15) is 38.8 Å². The molecule has 0 aliphatic rings. The molecule has 168 valence electrons. The number of rotatable bonds is 7. The first kappa shape index (κ1) is 24.3. The summed E-state index contributed by atoms with van der Waals surface area (Å²) in [7, 11) is 4.93. The van der Waals surface area contributed by atoms with E-state index in [-0.39, 0.29) is 17.4 Å². The highest BCUT2D eigenvalue weighted by molar-refractivity contribution is 5.89. The zero-order valence-corrected chi connectivity index (χ0v) is 19.7. The highest BCUT2D eigenvalue weighted by Gasteiger charge is 2.42. The fraction of sp³-hybridized carbons (Fsp3) is 0.440. The van der Waals surface area contributed by atoms with Crippen LogP contribution in [0.3, 0.4) is 0 Å². The smallest absolute Gasteiger partial charge is 0.316 e. The summed E-state index contributed by atoms with van der Waals surface area (Å²) >= 11 is 0. The van der Waals surface area contributed by atoms with E-state index in [1.165, 1.54) is 0 Å². The summed E-state index contributed by atoms with van der Waals surface area (Å²) in [5.41, 5.74) is 0.679. The first-order valence-electron chi connectivity index (χ1n) is 10.5. The second-order valence-electron chi connectivity index (χ2n) is 9.13. The van der Waals surface area contributed by atoms with Gasteiger partial charge in [0.1, 0.15) is 11.9 Å². The molecule has 0 aliphatic carbocycles. The average molecular weight is 426 g/mol. The Hall–Kier alpha value is -3.02. The van der Waals surface area contributed by atoms with Gasteiger partial charge in [0.25, 0.3) is 0 Å². The van der Waals surface area contributed by atoms with E-state index in [0.717, 1.165) is 11.1 Å². The average Bonchev–Trinajstić information content (AvgIpc) is 2.76. The summed E-state index contributed by atoms with van der Waals surface area (Å²) in [6.45, 7) is 7.94. The second kappa shape index (κ2) is 9.86. The molecule has 0 aliphatic heterocycles. The van der Waals surface area contributed by atoms with Crippen LogP contribution in [-0.2, 0) is 16.6 Å². The lowest BCUT2D eigenvalue weighted by Crippen LogP contribution is -2.60. The number of urea groups is 1. The van der Waals surface area contributed by atoms with Crippen molar-refractivity contribution >= 4 is 11.9 Å².